The second-order valence-corrected chi connectivity index (χ2v) is 5.47. The summed E-state index contributed by atoms with van der Waals surface area (Å²) in [5.41, 5.74) is 1.43. The normalized spacial score (nSPS) is 10.3. The first-order chi connectivity index (χ1) is 13.2. The quantitative estimate of drug-likeness (QED) is 0.664. The number of aromatic nitrogens is 4. The molecule has 0 radical (unpaired) electrons. The summed E-state index contributed by atoms with van der Waals surface area (Å²) < 4.78 is 12.1. The molecule has 1 aromatic heterocycles. The molecule has 2 N–H and O–H groups in total. The van der Waals surface area contributed by atoms with Gasteiger partial charge in [-0.3, -0.25) is 0 Å². The van der Waals surface area contributed by atoms with Crippen LogP contribution in [0.4, 0.5) is 10.5 Å². The topological polar surface area (TPSA) is 103 Å². The number of anilines is 1. The van der Waals surface area contributed by atoms with E-state index in [1.165, 1.54) is 0 Å². The molecular formula is C18H20N6O3. The number of ether oxygens (including phenoxy) is 2. The van der Waals surface area contributed by atoms with E-state index in [2.05, 4.69) is 26.2 Å². The maximum absolute atomic E-state index is 12.1. The lowest BCUT2D eigenvalue weighted by molar-refractivity contribution is 0.251. The number of methoxy groups -OCH3 is 1. The molecule has 0 spiro atoms. The van der Waals surface area contributed by atoms with Crippen molar-refractivity contribution in [1.29, 1.82) is 0 Å². The Kier molecular flexibility index (Phi) is 5.83. The molecule has 2 amide bonds. The van der Waals surface area contributed by atoms with Crippen LogP contribution in [-0.2, 0) is 6.54 Å². The second kappa shape index (κ2) is 8.65. The van der Waals surface area contributed by atoms with Gasteiger partial charge in [0, 0.05) is 5.69 Å². The lowest BCUT2D eigenvalue weighted by Crippen LogP contribution is -2.29. The Hall–Kier alpha value is -3.62. The first kappa shape index (κ1) is 18.2. The Labute approximate surface area is 156 Å². The standard InChI is InChI=1S/C18H20N6O3/c1-3-27-16-8-4-13(5-9-16)20-18(25)19-12-17-21-22-23-24(17)14-6-10-15(26-2)11-7-14/h4-11H,3,12H2,1-2H3,(H2,19,20,25). The van der Waals surface area contributed by atoms with Gasteiger partial charge in [-0.05, 0) is 65.9 Å². The van der Waals surface area contributed by atoms with E-state index < -0.39 is 0 Å². The maximum Gasteiger partial charge on any atom is 0.319 e. The zero-order valence-corrected chi connectivity index (χ0v) is 15.0. The first-order valence-corrected chi connectivity index (χ1v) is 8.39. The SMILES string of the molecule is CCOc1ccc(NC(=O)NCc2nnnn2-c2ccc(OC)cc2)cc1. The zero-order valence-electron chi connectivity index (χ0n) is 15.0. The number of hydrogen-bond donors (Lipinski definition) is 2. The molecule has 3 rings (SSSR count). The van der Waals surface area contributed by atoms with Gasteiger partial charge < -0.3 is 20.1 Å². The van der Waals surface area contributed by atoms with Gasteiger partial charge in [-0.25, -0.2) is 4.79 Å². The highest BCUT2D eigenvalue weighted by molar-refractivity contribution is 5.89. The molecule has 1 heterocycles. The van der Waals surface area contributed by atoms with Crippen molar-refractivity contribution in [2.75, 3.05) is 19.0 Å². The number of nitrogens with zero attached hydrogens (tertiary/aromatic N) is 4. The summed E-state index contributed by atoms with van der Waals surface area (Å²) in [4.78, 5) is 12.1. The van der Waals surface area contributed by atoms with Gasteiger partial charge in [-0.1, -0.05) is 0 Å². The predicted octanol–water partition coefficient (Wildman–Crippen LogP) is 2.39. The minimum atomic E-state index is -0.358. The zero-order chi connectivity index (χ0) is 19.1. The lowest BCUT2D eigenvalue weighted by Gasteiger charge is -2.09. The number of hydrogen-bond acceptors (Lipinski definition) is 6. The van der Waals surface area contributed by atoms with E-state index in [0.717, 1.165) is 17.2 Å². The summed E-state index contributed by atoms with van der Waals surface area (Å²) in [5, 5.41) is 17.1. The summed E-state index contributed by atoms with van der Waals surface area (Å²) in [6.07, 6.45) is 0. The molecule has 9 heteroatoms. The molecule has 0 saturated carbocycles. The smallest absolute Gasteiger partial charge is 0.319 e. The number of benzene rings is 2. The molecule has 2 aromatic carbocycles. The number of carbonyl (C=O) groups excluding carboxylic acids is 1. The van der Waals surface area contributed by atoms with Crippen LogP contribution in [-0.4, -0.2) is 40.0 Å². The maximum atomic E-state index is 12.1. The average molecular weight is 368 g/mol. The van der Waals surface area contributed by atoms with Crippen molar-refractivity contribution in [3.63, 3.8) is 0 Å². The van der Waals surface area contributed by atoms with Gasteiger partial charge in [0.25, 0.3) is 0 Å². The number of urea groups is 1. The van der Waals surface area contributed by atoms with Crippen LogP contribution < -0.4 is 20.1 Å². The number of carbonyl (C=O) groups is 1. The fourth-order valence-electron chi connectivity index (χ4n) is 2.38. The minimum Gasteiger partial charge on any atom is -0.497 e. The molecule has 0 aliphatic rings. The Morgan fingerprint density at radius 1 is 1.07 bits per heavy atom. The van der Waals surface area contributed by atoms with Crippen LogP contribution in [0, 0.1) is 0 Å². The molecule has 9 nitrogen and oxygen atoms in total. The van der Waals surface area contributed by atoms with Gasteiger partial charge in [-0.2, -0.15) is 4.68 Å². The van der Waals surface area contributed by atoms with Crippen molar-refractivity contribution in [3.8, 4) is 17.2 Å². The molecule has 140 valence electrons. The van der Waals surface area contributed by atoms with Crippen LogP contribution in [0.15, 0.2) is 48.5 Å². The third-order valence-electron chi connectivity index (χ3n) is 3.68. The van der Waals surface area contributed by atoms with Gasteiger partial charge in [-0.15, -0.1) is 5.10 Å². The molecule has 0 fully saturated rings. The number of tetrazole rings is 1. The summed E-state index contributed by atoms with van der Waals surface area (Å²) in [6.45, 7) is 2.68. The molecule has 0 bridgehead atoms. The van der Waals surface area contributed by atoms with E-state index in [-0.39, 0.29) is 12.6 Å². The van der Waals surface area contributed by atoms with E-state index in [4.69, 9.17) is 9.47 Å². The van der Waals surface area contributed by atoms with E-state index in [9.17, 15) is 4.79 Å². The molecule has 0 unspecified atom stereocenters. The Balaban J connectivity index is 1.58. The summed E-state index contributed by atoms with van der Waals surface area (Å²) >= 11 is 0. The van der Waals surface area contributed by atoms with Crippen molar-refractivity contribution in [1.82, 2.24) is 25.5 Å². The van der Waals surface area contributed by atoms with Crippen molar-refractivity contribution in [3.05, 3.63) is 54.4 Å². The Bertz CT molecular complexity index is 877. The second-order valence-electron chi connectivity index (χ2n) is 5.47. The minimum absolute atomic E-state index is 0.169. The first-order valence-electron chi connectivity index (χ1n) is 8.39. The Morgan fingerprint density at radius 3 is 2.44 bits per heavy atom. The molecular weight excluding hydrogens is 348 g/mol. The van der Waals surface area contributed by atoms with Gasteiger partial charge in [0.2, 0.25) is 0 Å². The number of amides is 2. The molecule has 0 atom stereocenters. The van der Waals surface area contributed by atoms with E-state index in [0.29, 0.717) is 18.1 Å². The van der Waals surface area contributed by atoms with Crippen molar-refractivity contribution in [2.45, 2.75) is 13.5 Å². The summed E-state index contributed by atoms with van der Waals surface area (Å²) in [6, 6.07) is 14.1. The largest absolute Gasteiger partial charge is 0.497 e. The summed E-state index contributed by atoms with van der Waals surface area (Å²) in [5.74, 6) is 1.99. The highest BCUT2D eigenvalue weighted by Gasteiger charge is 2.10. The third-order valence-corrected chi connectivity index (χ3v) is 3.68. The van der Waals surface area contributed by atoms with Gasteiger partial charge in [0.1, 0.15) is 11.5 Å². The van der Waals surface area contributed by atoms with E-state index in [1.807, 2.05) is 31.2 Å². The third kappa shape index (κ3) is 4.72. The van der Waals surface area contributed by atoms with Crippen LogP contribution in [0.3, 0.4) is 0 Å². The van der Waals surface area contributed by atoms with Crippen LogP contribution in [0.5, 0.6) is 11.5 Å². The van der Waals surface area contributed by atoms with Gasteiger partial charge in [0.05, 0.1) is 25.9 Å². The Morgan fingerprint density at radius 2 is 1.78 bits per heavy atom. The molecule has 0 saturated heterocycles. The highest BCUT2D eigenvalue weighted by atomic mass is 16.5. The van der Waals surface area contributed by atoms with Crippen LogP contribution in [0.1, 0.15) is 12.7 Å². The summed E-state index contributed by atoms with van der Waals surface area (Å²) in [7, 11) is 1.60. The fourth-order valence-corrected chi connectivity index (χ4v) is 2.38. The molecule has 0 aliphatic heterocycles. The number of nitrogens with one attached hydrogen (secondary N) is 2. The van der Waals surface area contributed by atoms with Crippen molar-refractivity contribution < 1.29 is 14.3 Å². The van der Waals surface area contributed by atoms with Gasteiger partial charge >= 0.3 is 6.03 Å². The average Bonchev–Trinajstić information content (AvgIpc) is 3.17. The van der Waals surface area contributed by atoms with E-state index in [1.54, 1.807) is 36.1 Å². The van der Waals surface area contributed by atoms with Gasteiger partial charge in [0.15, 0.2) is 5.82 Å². The van der Waals surface area contributed by atoms with Crippen molar-refractivity contribution >= 4 is 11.7 Å². The number of rotatable bonds is 7. The monoisotopic (exact) mass is 368 g/mol. The van der Waals surface area contributed by atoms with Crippen LogP contribution in [0.25, 0.3) is 5.69 Å². The molecule has 3 aromatic rings. The molecule has 0 aliphatic carbocycles. The molecule has 27 heavy (non-hydrogen) atoms. The lowest BCUT2D eigenvalue weighted by atomic mass is 10.3. The van der Waals surface area contributed by atoms with Crippen LogP contribution >= 0.6 is 0 Å². The van der Waals surface area contributed by atoms with E-state index >= 15 is 0 Å². The fraction of sp³-hybridized carbons (Fsp3) is 0.222. The highest BCUT2D eigenvalue weighted by Crippen LogP contribution is 2.16. The van der Waals surface area contributed by atoms with Crippen LogP contribution in [0.2, 0.25) is 0 Å². The predicted molar refractivity (Wildman–Crippen MR) is 99.2 cm³/mol. The van der Waals surface area contributed by atoms with Crippen molar-refractivity contribution in [2.24, 2.45) is 0 Å².